The second-order valence-electron chi connectivity index (χ2n) is 3.41. The molecule has 0 aliphatic carbocycles. The molecule has 0 saturated heterocycles. The highest BCUT2D eigenvalue weighted by molar-refractivity contribution is 5.69. The Kier molecular flexibility index (Phi) is 3.76. The van der Waals surface area contributed by atoms with Crippen LogP contribution < -0.4 is 0 Å². The molecule has 1 aromatic rings. The van der Waals surface area contributed by atoms with Crippen molar-refractivity contribution in [2.75, 3.05) is 0 Å². The molecular weight excluding hydrogens is 206 g/mol. The summed E-state index contributed by atoms with van der Waals surface area (Å²) in [6.45, 7) is 1.11. The summed E-state index contributed by atoms with van der Waals surface area (Å²) >= 11 is 0. The Bertz CT molecular complexity index is 339. The molecule has 0 radical (unpaired) electrons. The first-order valence-corrected chi connectivity index (χ1v) is 4.51. The van der Waals surface area contributed by atoms with E-state index in [1.807, 2.05) is 0 Å². The van der Waals surface area contributed by atoms with E-state index in [0.717, 1.165) is 4.68 Å². The van der Waals surface area contributed by atoms with E-state index < -0.39 is 24.9 Å². The van der Waals surface area contributed by atoms with Crippen molar-refractivity contribution >= 4 is 5.97 Å². The maximum atomic E-state index is 12.0. The molecule has 6 heteroatoms. The third-order valence-electron chi connectivity index (χ3n) is 1.98. The zero-order valence-electron chi connectivity index (χ0n) is 8.23. The van der Waals surface area contributed by atoms with E-state index in [0.29, 0.717) is 12.0 Å². The standard InChI is InChI=1S/C9H12F2N2O2/c1-6(9(14)15)2-7-3-12-13(4-7)5-8(10)11/h3-4,6,8H,2,5H2,1H3,(H,14,15). The van der Waals surface area contributed by atoms with Crippen molar-refractivity contribution < 1.29 is 18.7 Å². The predicted octanol–water partition coefficient (Wildman–Crippen LogP) is 1.41. The van der Waals surface area contributed by atoms with E-state index in [4.69, 9.17) is 5.11 Å². The van der Waals surface area contributed by atoms with E-state index in [-0.39, 0.29) is 0 Å². The molecule has 0 fully saturated rings. The normalized spacial score (nSPS) is 13.1. The molecule has 15 heavy (non-hydrogen) atoms. The number of hydrogen-bond acceptors (Lipinski definition) is 2. The minimum atomic E-state index is -2.45. The van der Waals surface area contributed by atoms with Crippen LogP contribution in [0.15, 0.2) is 12.4 Å². The number of nitrogens with zero attached hydrogens (tertiary/aromatic N) is 2. The zero-order chi connectivity index (χ0) is 11.4. The first-order chi connectivity index (χ1) is 6.99. The topological polar surface area (TPSA) is 55.1 Å². The van der Waals surface area contributed by atoms with Gasteiger partial charge in [-0.2, -0.15) is 5.10 Å². The molecule has 0 bridgehead atoms. The van der Waals surface area contributed by atoms with Crippen molar-refractivity contribution in [3.63, 3.8) is 0 Å². The molecule has 0 spiro atoms. The molecule has 0 aliphatic rings. The Morgan fingerprint density at radius 3 is 2.87 bits per heavy atom. The molecule has 1 aromatic heterocycles. The van der Waals surface area contributed by atoms with Crippen LogP contribution in [0.2, 0.25) is 0 Å². The smallest absolute Gasteiger partial charge is 0.306 e. The molecule has 1 rings (SSSR count). The lowest BCUT2D eigenvalue weighted by molar-refractivity contribution is -0.141. The van der Waals surface area contributed by atoms with Crippen LogP contribution >= 0.6 is 0 Å². The highest BCUT2D eigenvalue weighted by Crippen LogP contribution is 2.08. The van der Waals surface area contributed by atoms with Gasteiger partial charge < -0.3 is 5.11 Å². The fourth-order valence-electron chi connectivity index (χ4n) is 1.19. The fraction of sp³-hybridized carbons (Fsp3) is 0.556. The predicted molar refractivity (Wildman–Crippen MR) is 48.7 cm³/mol. The quantitative estimate of drug-likeness (QED) is 0.812. The number of aromatic nitrogens is 2. The second-order valence-corrected chi connectivity index (χ2v) is 3.41. The Hall–Kier alpha value is -1.46. The first-order valence-electron chi connectivity index (χ1n) is 4.51. The lowest BCUT2D eigenvalue weighted by atomic mass is 10.0. The van der Waals surface area contributed by atoms with Crippen molar-refractivity contribution in [2.45, 2.75) is 26.3 Å². The van der Waals surface area contributed by atoms with E-state index in [1.165, 1.54) is 12.4 Å². The zero-order valence-corrected chi connectivity index (χ0v) is 8.23. The van der Waals surface area contributed by atoms with Crippen LogP contribution in [-0.4, -0.2) is 27.3 Å². The maximum absolute atomic E-state index is 12.0. The third-order valence-corrected chi connectivity index (χ3v) is 1.98. The van der Waals surface area contributed by atoms with Gasteiger partial charge in [-0.05, 0) is 12.0 Å². The second kappa shape index (κ2) is 4.86. The summed E-state index contributed by atoms with van der Waals surface area (Å²) in [5.41, 5.74) is 0.658. The summed E-state index contributed by atoms with van der Waals surface area (Å²) in [5.74, 6) is -1.44. The first kappa shape index (κ1) is 11.6. The van der Waals surface area contributed by atoms with Crippen LogP contribution in [0.1, 0.15) is 12.5 Å². The van der Waals surface area contributed by atoms with Gasteiger partial charge in [-0.25, -0.2) is 8.78 Å². The van der Waals surface area contributed by atoms with Crippen LogP contribution in [0.3, 0.4) is 0 Å². The molecule has 84 valence electrons. The van der Waals surface area contributed by atoms with Gasteiger partial charge in [0.1, 0.15) is 6.54 Å². The van der Waals surface area contributed by atoms with E-state index in [9.17, 15) is 13.6 Å². The van der Waals surface area contributed by atoms with Crippen LogP contribution in [0, 0.1) is 5.92 Å². The average Bonchev–Trinajstić information content (AvgIpc) is 2.51. The lowest BCUT2D eigenvalue weighted by Crippen LogP contribution is -2.12. The summed E-state index contributed by atoms with van der Waals surface area (Å²) in [6.07, 6.45) is 0.723. The molecule has 0 saturated carbocycles. The van der Waals surface area contributed by atoms with Crippen molar-refractivity contribution in [2.24, 2.45) is 5.92 Å². The van der Waals surface area contributed by atoms with Crippen molar-refractivity contribution in [3.05, 3.63) is 18.0 Å². The third kappa shape index (κ3) is 3.65. The Morgan fingerprint density at radius 2 is 2.33 bits per heavy atom. The van der Waals surface area contributed by atoms with Crippen molar-refractivity contribution in [1.29, 1.82) is 0 Å². The van der Waals surface area contributed by atoms with E-state index >= 15 is 0 Å². The van der Waals surface area contributed by atoms with E-state index in [2.05, 4.69) is 5.10 Å². The molecule has 4 nitrogen and oxygen atoms in total. The van der Waals surface area contributed by atoms with Gasteiger partial charge in [-0.1, -0.05) is 6.92 Å². The van der Waals surface area contributed by atoms with Gasteiger partial charge in [0.15, 0.2) is 0 Å². The largest absolute Gasteiger partial charge is 0.481 e. The number of carboxylic acids is 1. The number of carboxylic acid groups (broad SMARTS) is 1. The minimum Gasteiger partial charge on any atom is -0.481 e. The van der Waals surface area contributed by atoms with Crippen molar-refractivity contribution in [3.8, 4) is 0 Å². The Morgan fingerprint density at radius 1 is 1.67 bits per heavy atom. The Labute approximate surface area is 85.5 Å². The molecule has 1 atom stereocenters. The van der Waals surface area contributed by atoms with Crippen LogP contribution in [-0.2, 0) is 17.8 Å². The molecule has 1 N–H and O–H groups in total. The van der Waals surface area contributed by atoms with Gasteiger partial charge in [0.2, 0.25) is 0 Å². The summed E-state index contributed by atoms with van der Waals surface area (Å²) in [7, 11) is 0. The number of halogens is 2. The van der Waals surface area contributed by atoms with Crippen molar-refractivity contribution in [1.82, 2.24) is 9.78 Å². The summed E-state index contributed by atoms with van der Waals surface area (Å²) in [4.78, 5) is 10.5. The summed E-state index contributed by atoms with van der Waals surface area (Å²) < 4.78 is 25.1. The number of hydrogen-bond donors (Lipinski definition) is 1. The van der Waals surface area contributed by atoms with Crippen LogP contribution in [0.25, 0.3) is 0 Å². The molecule has 0 aliphatic heterocycles. The Balaban J connectivity index is 2.56. The van der Waals surface area contributed by atoms with Gasteiger partial charge in [-0.15, -0.1) is 0 Å². The molecule has 1 unspecified atom stereocenters. The highest BCUT2D eigenvalue weighted by atomic mass is 19.3. The van der Waals surface area contributed by atoms with Gasteiger partial charge in [0, 0.05) is 6.20 Å². The molecule has 0 aromatic carbocycles. The maximum Gasteiger partial charge on any atom is 0.306 e. The van der Waals surface area contributed by atoms with Gasteiger partial charge in [0.05, 0.1) is 12.1 Å². The minimum absolute atomic E-state index is 0.304. The van der Waals surface area contributed by atoms with Gasteiger partial charge in [0.25, 0.3) is 6.43 Å². The highest BCUT2D eigenvalue weighted by Gasteiger charge is 2.13. The number of aliphatic carboxylic acids is 1. The molecule has 1 heterocycles. The monoisotopic (exact) mass is 218 g/mol. The summed E-state index contributed by atoms with van der Waals surface area (Å²) in [5, 5.41) is 12.4. The number of alkyl halides is 2. The van der Waals surface area contributed by atoms with Crippen LogP contribution in [0.4, 0.5) is 8.78 Å². The number of rotatable bonds is 5. The SMILES string of the molecule is CC(Cc1cnn(CC(F)F)c1)C(=O)O. The van der Waals surface area contributed by atoms with Gasteiger partial charge in [-0.3, -0.25) is 9.48 Å². The molecular formula is C9H12F2N2O2. The average molecular weight is 218 g/mol. The summed E-state index contributed by atoms with van der Waals surface area (Å²) in [6, 6.07) is 0. The van der Waals surface area contributed by atoms with Crippen LogP contribution in [0.5, 0.6) is 0 Å². The van der Waals surface area contributed by atoms with Gasteiger partial charge >= 0.3 is 5.97 Å². The molecule has 0 amide bonds. The fourth-order valence-corrected chi connectivity index (χ4v) is 1.19. The lowest BCUT2D eigenvalue weighted by Gasteiger charge is -2.02. The number of carbonyl (C=O) groups is 1. The van der Waals surface area contributed by atoms with E-state index in [1.54, 1.807) is 6.92 Å².